The lowest BCUT2D eigenvalue weighted by atomic mass is 10.2. The molecule has 1 fully saturated rings. The lowest BCUT2D eigenvalue weighted by Gasteiger charge is -2.27. The van der Waals surface area contributed by atoms with Gasteiger partial charge in [-0.15, -0.1) is 0 Å². The number of nitrogens with zero attached hydrogens (tertiary/aromatic N) is 1. The average molecular weight is 226 g/mol. The highest BCUT2D eigenvalue weighted by atomic mass is 19.1. The highest BCUT2D eigenvalue weighted by Gasteiger charge is 2.13. The van der Waals surface area contributed by atoms with Crippen LogP contribution in [0.2, 0.25) is 0 Å². The second-order valence-corrected chi connectivity index (χ2v) is 4.04. The van der Waals surface area contributed by atoms with Crippen molar-refractivity contribution < 1.29 is 8.78 Å². The van der Waals surface area contributed by atoms with Crippen molar-refractivity contribution >= 4 is 5.69 Å². The third-order valence-corrected chi connectivity index (χ3v) is 2.81. The third kappa shape index (κ3) is 2.70. The number of anilines is 1. The molecule has 1 aliphatic heterocycles. The van der Waals surface area contributed by atoms with Gasteiger partial charge < -0.3 is 10.2 Å². The predicted octanol–water partition coefficient (Wildman–Crippen LogP) is 2.15. The van der Waals surface area contributed by atoms with Crippen LogP contribution in [0.4, 0.5) is 14.5 Å². The minimum Gasteiger partial charge on any atom is -0.369 e. The van der Waals surface area contributed by atoms with Crippen molar-refractivity contribution in [1.29, 1.82) is 0 Å². The van der Waals surface area contributed by atoms with Gasteiger partial charge in [0.25, 0.3) is 0 Å². The summed E-state index contributed by atoms with van der Waals surface area (Å²) in [5.41, 5.74) is 0.391. The molecule has 0 spiro atoms. The Labute approximate surface area is 94.3 Å². The van der Waals surface area contributed by atoms with Gasteiger partial charge in [0.05, 0.1) is 5.69 Å². The molecule has 1 heterocycles. The van der Waals surface area contributed by atoms with E-state index in [9.17, 15) is 8.78 Å². The van der Waals surface area contributed by atoms with Crippen LogP contribution >= 0.6 is 0 Å². The molecular formula is C12H16F2N2. The van der Waals surface area contributed by atoms with Gasteiger partial charge in [0.1, 0.15) is 11.6 Å². The van der Waals surface area contributed by atoms with E-state index in [4.69, 9.17) is 0 Å². The molecule has 2 nitrogen and oxygen atoms in total. The first kappa shape index (κ1) is 11.3. The van der Waals surface area contributed by atoms with Crippen LogP contribution in [0, 0.1) is 11.6 Å². The maximum atomic E-state index is 13.6. The zero-order chi connectivity index (χ0) is 11.4. The Hall–Kier alpha value is -1.16. The SMILES string of the molecule is Fc1ccc(F)c(N2CCCNCCC2)c1. The van der Waals surface area contributed by atoms with Crippen LogP contribution in [0.3, 0.4) is 0 Å². The summed E-state index contributed by atoms with van der Waals surface area (Å²) in [5.74, 6) is -0.716. The van der Waals surface area contributed by atoms with Crippen molar-refractivity contribution in [3.63, 3.8) is 0 Å². The summed E-state index contributed by atoms with van der Waals surface area (Å²) >= 11 is 0. The fourth-order valence-corrected chi connectivity index (χ4v) is 2.00. The maximum absolute atomic E-state index is 13.6. The summed E-state index contributed by atoms with van der Waals surface area (Å²) in [4.78, 5) is 1.93. The molecule has 0 bridgehead atoms. The first-order chi connectivity index (χ1) is 7.77. The van der Waals surface area contributed by atoms with Crippen LogP contribution in [0.1, 0.15) is 12.8 Å². The third-order valence-electron chi connectivity index (χ3n) is 2.81. The standard InChI is InChI=1S/C12H16F2N2/c13-10-3-4-11(14)12(9-10)16-7-1-5-15-6-2-8-16/h3-4,9,15H,1-2,5-8H2. The van der Waals surface area contributed by atoms with Crippen LogP contribution in [0.15, 0.2) is 18.2 Å². The number of nitrogens with one attached hydrogen (secondary N) is 1. The predicted molar refractivity (Wildman–Crippen MR) is 60.7 cm³/mol. The Bertz CT molecular complexity index is 347. The van der Waals surface area contributed by atoms with Gasteiger partial charge in [0.2, 0.25) is 0 Å². The van der Waals surface area contributed by atoms with E-state index in [0.717, 1.165) is 45.1 Å². The molecule has 1 aromatic rings. The molecule has 4 heteroatoms. The lowest BCUT2D eigenvalue weighted by molar-refractivity contribution is 0.549. The number of halogens is 2. The monoisotopic (exact) mass is 226 g/mol. The van der Waals surface area contributed by atoms with E-state index < -0.39 is 0 Å². The largest absolute Gasteiger partial charge is 0.369 e. The Balaban J connectivity index is 2.16. The minimum atomic E-state index is -0.378. The van der Waals surface area contributed by atoms with Crippen molar-refractivity contribution in [3.05, 3.63) is 29.8 Å². The Morgan fingerprint density at radius 1 is 1.06 bits per heavy atom. The van der Waals surface area contributed by atoms with Crippen LogP contribution in [-0.2, 0) is 0 Å². The summed E-state index contributed by atoms with van der Waals surface area (Å²) in [7, 11) is 0. The van der Waals surface area contributed by atoms with Crippen molar-refractivity contribution in [3.8, 4) is 0 Å². The second-order valence-electron chi connectivity index (χ2n) is 4.04. The smallest absolute Gasteiger partial charge is 0.146 e. The molecule has 1 aliphatic rings. The van der Waals surface area contributed by atoms with Crippen LogP contribution in [0.5, 0.6) is 0 Å². The normalized spacial score (nSPS) is 18.0. The molecule has 0 radical (unpaired) electrons. The summed E-state index contributed by atoms with van der Waals surface area (Å²) in [6.07, 6.45) is 1.91. The van der Waals surface area contributed by atoms with E-state index >= 15 is 0 Å². The molecule has 1 N–H and O–H groups in total. The quantitative estimate of drug-likeness (QED) is 0.789. The minimum absolute atomic E-state index is 0.338. The molecule has 0 aromatic heterocycles. The molecule has 0 aliphatic carbocycles. The van der Waals surface area contributed by atoms with E-state index in [2.05, 4.69) is 5.32 Å². The molecule has 0 amide bonds. The number of rotatable bonds is 1. The molecule has 0 atom stereocenters. The summed E-state index contributed by atoms with van der Waals surface area (Å²) in [6, 6.07) is 3.64. The zero-order valence-electron chi connectivity index (χ0n) is 9.18. The van der Waals surface area contributed by atoms with Crippen molar-refractivity contribution in [1.82, 2.24) is 5.32 Å². The van der Waals surface area contributed by atoms with Gasteiger partial charge in [-0.1, -0.05) is 0 Å². The molecule has 0 unspecified atom stereocenters. The highest BCUT2D eigenvalue weighted by Crippen LogP contribution is 2.21. The first-order valence-corrected chi connectivity index (χ1v) is 5.68. The van der Waals surface area contributed by atoms with E-state index in [1.807, 2.05) is 4.90 Å². The molecule has 88 valence electrons. The van der Waals surface area contributed by atoms with E-state index in [-0.39, 0.29) is 11.6 Å². The van der Waals surface area contributed by atoms with Gasteiger partial charge in [-0.2, -0.15) is 0 Å². The van der Waals surface area contributed by atoms with Crippen molar-refractivity contribution in [2.45, 2.75) is 12.8 Å². The molecule has 2 rings (SSSR count). The van der Waals surface area contributed by atoms with Crippen molar-refractivity contribution in [2.75, 3.05) is 31.1 Å². The molecular weight excluding hydrogens is 210 g/mol. The number of benzene rings is 1. The summed E-state index contributed by atoms with van der Waals surface area (Å²) < 4.78 is 26.6. The molecule has 0 saturated carbocycles. The van der Waals surface area contributed by atoms with Crippen LogP contribution in [-0.4, -0.2) is 26.2 Å². The Morgan fingerprint density at radius 3 is 2.44 bits per heavy atom. The van der Waals surface area contributed by atoms with Crippen LogP contribution in [0.25, 0.3) is 0 Å². The van der Waals surface area contributed by atoms with Gasteiger partial charge >= 0.3 is 0 Å². The highest BCUT2D eigenvalue weighted by molar-refractivity contribution is 5.48. The molecule has 1 saturated heterocycles. The summed E-state index contributed by atoms with van der Waals surface area (Å²) in [6.45, 7) is 3.42. The lowest BCUT2D eigenvalue weighted by Crippen LogP contribution is -2.34. The number of hydrogen-bond donors (Lipinski definition) is 1. The molecule has 1 aromatic carbocycles. The van der Waals surface area contributed by atoms with Gasteiger partial charge in [0, 0.05) is 19.2 Å². The fraction of sp³-hybridized carbons (Fsp3) is 0.500. The van der Waals surface area contributed by atoms with E-state index in [0.29, 0.717) is 5.69 Å². The average Bonchev–Trinajstić information content (AvgIpc) is 2.22. The first-order valence-electron chi connectivity index (χ1n) is 5.68. The van der Waals surface area contributed by atoms with E-state index in [1.165, 1.54) is 12.1 Å². The zero-order valence-corrected chi connectivity index (χ0v) is 9.18. The topological polar surface area (TPSA) is 15.3 Å². The number of hydrogen-bond acceptors (Lipinski definition) is 2. The fourth-order valence-electron chi connectivity index (χ4n) is 2.00. The van der Waals surface area contributed by atoms with Gasteiger partial charge in [-0.05, 0) is 38.1 Å². The summed E-state index contributed by atoms with van der Waals surface area (Å²) in [5, 5.41) is 3.29. The Kier molecular flexibility index (Phi) is 3.72. The van der Waals surface area contributed by atoms with Crippen LogP contribution < -0.4 is 10.2 Å². The van der Waals surface area contributed by atoms with Crippen molar-refractivity contribution in [2.24, 2.45) is 0 Å². The second kappa shape index (κ2) is 5.25. The van der Waals surface area contributed by atoms with E-state index in [1.54, 1.807) is 0 Å². The van der Waals surface area contributed by atoms with Gasteiger partial charge in [-0.3, -0.25) is 0 Å². The van der Waals surface area contributed by atoms with Gasteiger partial charge in [-0.25, -0.2) is 8.78 Å². The maximum Gasteiger partial charge on any atom is 0.146 e. The Morgan fingerprint density at radius 2 is 1.75 bits per heavy atom. The molecule has 16 heavy (non-hydrogen) atoms. The van der Waals surface area contributed by atoms with Gasteiger partial charge in [0.15, 0.2) is 0 Å².